The molecule has 0 amide bonds. The first-order valence-corrected chi connectivity index (χ1v) is 6.58. The van der Waals surface area contributed by atoms with Crippen molar-refractivity contribution in [3.63, 3.8) is 0 Å². The van der Waals surface area contributed by atoms with E-state index in [1.807, 2.05) is 30.3 Å². The molecule has 2 aromatic rings. The molecule has 0 unspecified atom stereocenters. The predicted molar refractivity (Wildman–Crippen MR) is 69.9 cm³/mol. The molecule has 2 rings (SSSR count). The van der Waals surface area contributed by atoms with Gasteiger partial charge in [0.1, 0.15) is 0 Å². The third kappa shape index (κ3) is 3.29. The van der Waals surface area contributed by atoms with Crippen molar-refractivity contribution in [3.8, 4) is 0 Å². The summed E-state index contributed by atoms with van der Waals surface area (Å²) in [7, 11) is 0. The van der Waals surface area contributed by atoms with Gasteiger partial charge in [-0.15, -0.1) is 11.8 Å². The van der Waals surface area contributed by atoms with E-state index in [0.29, 0.717) is 5.69 Å². The molecule has 0 bridgehead atoms. The molecular formula is C14H13F2NS. The zero-order chi connectivity index (χ0) is 13.0. The lowest BCUT2D eigenvalue weighted by Gasteiger charge is -2.06. The Kier molecular flexibility index (Phi) is 4.31. The molecule has 0 fully saturated rings. The molecule has 0 atom stereocenters. The average Bonchev–Trinajstić information content (AvgIpc) is 2.37. The average molecular weight is 265 g/mol. The Balaban J connectivity index is 2.05. The predicted octanol–water partition coefficient (Wildman–Crippen LogP) is 4.62. The maximum absolute atomic E-state index is 12.6. The maximum Gasteiger partial charge on any atom is 0.265 e. The van der Waals surface area contributed by atoms with Gasteiger partial charge >= 0.3 is 0 Å². The lowest BCUT2D eigenvalue weighted by atomic mass is 10.2. The first-order valence-electron chi connectivity index (χ1n) is 5.59. The lowest BCUT2D eigenvalue weighted by Crippen LogP contribution is -1.94. The molecule has 0 aliphatic carbocycles. The monoisotopic (exact) mass is 265 g/mol. The summed E-state index contributed by atoms with van der Waals surface area (Å²) in [5.74, 6) is 0.793. The number of aromatic nitrogens is 1. The van der Waals surface area contributed by atoms with Crippen molar-refractivity contribution in [3.05, 3.63) is 59.3 Å². The smallest absolute Gasteiger partial charge is 0.246 e. The van der Waals surface area contributed by atoms with E-state index in [0.717, 1.165) is 10.8 Å². The highest BCUT2D eigenvalue weighted by Gasteiger charge is 2.11. The zero-order valence-electron chi connectivity index (χ0n) is 9.94. The van der Waals surface area contributed by atoms with Gasteiger partial charge in [-0.2, -0.15) is 0 Å². The van der Waals surface area contributed by atoms with E-state index < -0.39 is 6.43 Å². The highest BCUT2D eigenvalue weighted by molar-refractivity contribution is 7.98. The highest BCUT2D eigenvalue weighted by atomic mass is 32.2. The molecule has 1 nitrogen and oxygen atoms in total. The van der Waals surface area contributed by atoms with Crippen molar-refractivity contribution < 1.29 is 8.78 Å². The molecule has 1 aromatic carbocycles. The van der Waals surface area contributed by atoms with Gasteiger partial charge < -0.3 is 0 Å². The van der Waals surface area contributed by atoms with E-state index >= 15 is 0 Å². The normalized spacial score (nSPS) is 10.9. The summed E-state index contributed by atoms with van der Waals surface area (Å²) in [6.45, 7) is 1.62. The lowest BCUT2D eigenvalue weighted by molar-refractivity contribution is 0.150. The number of hydrogen-bond acceptors (Lipinski definition) is 2. The van der Waals surface area contributed by atoms with Crippen LogP contribution in [0.15, 0.2) is 47.5 Å². The third-order valence-corrected chi connectivity index (χ3v) is 3.57. The SMILES string of the molecule is Cc1nc(SCc2ccccc2)ccc1C(F)F. The number of alkyl halides is 2. The van der Waals surface area contributed by atoms with Crippen LogP contribution in [0.4, 0.5) is 8.78 Å². The van der Waals surface area contributed by atoms with Crippen molar-refractivity contribution in [2.75, 3.05) is 0 Å². The summed E-state index contributed by atoms with van der Waals surface area (Å²) in [5.41, 5.74) is 1.61. The minimum absolute atomic E-state index is 0.0130. The molecule has 94 valence electrons. The molecule has 0 aliphatic heterocycles. The Morgan fingerprint density at radius 1 is 1.11 bits per heavy atom. The summed E-state index contributed by atoms with van der Waals surface area (Å²) >= 11 is 1.55. The molecule has 4 heteroatoms. The van der Waals surface area contributed by atoms with E-state index in [-0.39, 0.29) is 5.56 Å². The summed E-state index contributed by atoms with van der Waals surface area (Å²) in [5, 5.41) is 0.778. The summed E-state index contributed by atoms with van der Waals surface area (Å²) in [6.07, 6.45) is -2.45. The second kappa shape index (κ2) is 5.96. The molecule has 0 radical (unpaired) electrons. The Hall–Kier alpha value is -1.42. The first kappa shape index (κ1) is 13.0. The molecule has 0 saturated heterocycles. The van der Waals surface area contributed by atoms with Crippen LogP contribution in [0.5, 0.6) is 0 Å². The van der Waals surface area contributed by atoms with Gasteiger partial charge in [0, 0.05) is 17.0 Å². The van der Waals surface area contributed by atoms with Crippen LogP contribution in [-0.2, 0) is 5.75 Å². The van der Waals surface area contributed by atoms with E-state index in [2.05, 4.69) is 4.98 Å². The maximum atomic E-state index is 12.6. The van der Waals surface area contributed by atoms with Crippen molar-refractivity contribution in [2.24, 2.45) is 0 Å². The van der Waals surface area contributed by atoms with E-state index in [1.165, 1.54) is 11.6 Å². The summed E-state index contributed by atoms with van der Waals surface area (Å²) < 4.78 is 25.1. The first-order chi connectivity index (χ1) is 8.66. The van der Waals surface area contributed by atoms with Gasteiger partial charge in [-0.1, -0.05) is 30.3 Å². The molecule has 1 aromatic heterocycles. The van der Waals surface area contributed by atoms with Gasteiger partial charge in [0.2, 0.25) is 0 Å². The highest BCUT2D eigenvalue weighted by Crippen LogP contribution is 2.26. The number of nitrogens with zero attached hydrogens (tertiary/aromatic N) is 1. The van der Waals surface area contributed by atoms with Crippen molar-refractivity contribution in [1.29, 1.82) is 0 Å². The molecule has 1 heterocycles. The fourth-order valence-electron chi connectivity index (χ4n) is 1.59. The minimum atomic E-state index is -2.45. The molecule has 0 N–H and O–H groups in total. The largest absolute Gasteiger partial charge is 0.265 e. The Morgan fingerprint density at radius 2 is 1.83 bits per heavy atom. The molecule has 0 aliphatic rings. The fraction of sp³-hybridized carbons (Fsp3) is 0.214. The topological polar surface area (TPSA) is 12.9 Å². The second-order valence-electron chi connectivity index (χ2n) is 3.90. The number of thioether (sulfide) groups is 1. The number of hydrogen-bond donors (Lipinski definition) is 0. The quantitative estimate of drug-likeness (QED) is 0.748. The van der Waals surface area contributed by atoms with Gasteiger partial charge in [0.25, 0.3) is 6.43 Å². The van der Waals surface area contributed by atoms with E-state index in [1.54, 1.807) is 24.8 Å². The van der Waals surface area contributed by atoms with Gasteiger partial charge in [0.15, 0.2) is 0 Å². The number of halogens is 2. The minimum Gasteiger partial charge on any atom is -0.246 e. The Bertz CT molecular complexity index is 514. The number of pyridine rings is 1. The Morgan fingerprint density at radius 3 is 2.44 bits per heavy atom. The Labute approximate surface area is 109 Å². The van der Waals surface area contributed by atoms with Crippen LogP contribution >= 0.6 is 11.8 Å². The van der Waals surface area contributed by atoms with Crippen LogP contribution in [0.2, 0.25) is 0 Å². The fourth-order valence-corrected chi connectivity index (χ4v) is 2.46. The van der Waals surface area contributed by atoms with Crippen molar-refractivity contribution in [2.45, 2.75) is 24.1 Å². The third-order valence-electron chi connectivity index (χ3n) is 2.57. The van der Waals surface area contributed by atoms with Crippen molar-refractivity contribution >= 4 is 11.8 Å². The second-order valence-corrected chi connectivity index (χ2v) is 4.89. The van der Waals surface area contributed by atoms with Crippen LogP contribution in [0, 0.1) is 6.92 Å². The van der Waals surface area contributed by atoms with Crippen LogP contribution in [0.1, 0.15) is 23.2 Å². The van der Waals surface area contributed by atoms with Gasteiger partial charge in [0.05, 0.1) is 5.03 Å². The number of aryl methyl sites for hydroxylation is 1. The van der Waals surface area contributed by atoms with E-state index in [4.69, 9.17) is 0 Å². The summed E-state index contributed by atoms with van der Waals surface area (Å²) in [4.78, 5) is 4.19. The van der Waals surface area contributed by atoms with Gasteiger partial charge in [-0.3, -0.25) is 0 Å². The van der Waals surface area contributed by atoms with Crippen LogP contribution in [0.3, 0.4) is 0 Å². The number of benzene rings is 1. The standard InChI is InChI=1S/C14H13F2NS/c1-10-12(14(15)16)7-8-13(17-10)18-9-11-5-3-2-4-6-11/h2-8,14H,9H2,1H3. The van der Waals surface area contributed by atoms with Crippen LogP contribution < -0.4 is 0 Å². The van der Waals surface area contributed by atoms with E-state index in [9.17, 15) is 8.78 Å². The molecule has 0 spiro atoms. The molecular weight excluding hydrogens is 252 g/mol. The van der Waals surface area contributed by atoms with Gasteiger partial charge in [-0.25, -0.2) is 13.8 Å². The van der Waals surface area contributed by atoms with Crippen LogP contribution in [-0.4, -0.2) is 4.98 Å². The van der Waals surface area contributed by atoms with Crippen molar-refractivity contribution in [1.82, 2.24) is 4.98 Å². The molecule has 18 heavy (non-hydrogen) atoms. The van der Waals surface area contributed by atoms with Crippen LogP contribution in [0.25, 0.3) is 0 Å². The zero-order valence-corrected chi connectivity index (χ0v) is 10.8. The van der Waals surface area contributed by atoms with Gasteiger partial charge in [-0.05, 0) is 24.6 Å². The summed E-state index contributed by atoms with van der Waals surface area (Å²) in [6, 6.07) is 13.1. The molecule has 0 saturated carbocycles. The number of rotatable bonds is 4.